The summed E-state index contributed by atoms with van der Waals surface area (Å²) < 4.78 is 10.7. The van der Waals surface area contributed by atoms with Crippen molar-refractivity contribution >= 4 is 0 Å². The number of hydrogen-bond donors (Lipinski definition) is 1. The van der Waals surface area contributed by atoms with E-state index in [0.717, 1.165) is 52.0 Å². The molecule has 3 rings (SSSR count). The molecule has 5 nitrogen and oxygen atoms in total. The van der Waals surface area contributed by atoms with Crippen LogP contribution in [0.3, 0.4) is 0 Å². The molecule has 3 aliphatic heterocycles. The SMILES string of the molecule is OCC1(CN2CCC(CN3CCOCC3)CC2)COC1. The molecule has 3 aliphatic rings. The maximum atomic E-state index is 9.51. The average Bonchev–Trinajstić information content (AvgIpc) is 2.46. The third kappa shape index (κ3) is 3.52. The monoisotopic (exact) mass is 284 g/mol. The molecule has 0 bridgehead atoms. The van der Waals surface area contributed by atoms with Gasteiger partial charge in [-0.25, -0.2) is 0 Å². The number of aliphatic hydroxyl groups is 1. The number of rotatable bonds is 5. The Balaban J connectivity index is 1.38. The molecule has 3 heterocycles. The van der Waals surface area contributed by atoms with Crippen molar-refractivity contribution in [3.05, 3.63) is 0 Å². The van der Waals surface area contributed by atoms with Gasteiger partial charge in [-0.05, 0) is 31.8 Å². The van der Waals surface area contributed by atoms with Crippen molar-refractivity contribution in [3.63, 3.8) is 0 Å². The summed E-state index contributed by atoms with van der Waals surface area (Å²) in [6.07, 6.45) is 2.58. The van der Waals surface area contributed by atoms with Gasteiger partial charge in [-0.1, -0.05) is 0 Å². The van der Waals surface area contributed by atoms with Crippen LogP contribution in [-0.4, -0.2) is 87.2 Å². The number of ether oxygens (including phenoxy) is 2. The summed E-state index contributed by atoms with van der Waals surface area (Å²) in [5.74, 6) is 0.840. The van der Waals surface area contributed by atoms with E-state index in [-0.39, 0.29) is 12.0 Å². The lowest BCUT2D eigenvalue weighted by molar-refractivity contribution is -0.150. The Labute approximate surface area is 121 Å². The fourth-order valence-corrected chi connectivity index (χ4v) is 3.57. The van der Waals surface area contributed by atoms with Crippen molar-refractivity contribution in [3.8, 4) is 0 Å². The van der Waals surface area contributed by atoms with E-state index in [9.17, 15) is 5.11 Å². The molecule has 0 aliphatic carbocycles. The number of piperidine rings is 1. The molecule has 3 fully saturated rings. The van der Waals surface area contributed by atoms with E-state index in [1.54, 1.807) is 0 Å². The van der Waals surface area contributed by atoms with Gasteiger partial charge in [0.2, 0.25) is 0 Å². The van der Waals surface area contributed by atoms with Crippen LogP contribution in [0, 0.1) is 11.3 Å². The van der Waals surface area contributed by atoms with Gasteiger partial charge in [-0.2, -0.15) is 0 Å². The molecule has 20 heavy (non-hydrogen) atoms. The van der Waals surface area contributed by atoms with Crippen LogP contribution < -0.4 is 0 Å². The van der Waals surface area contributed by atoms with Gasteiger partial charge >= 0.3 is 0 Å². The molecule has 0 radical (unpaired) electrons. The predicted octanol–water partition coefficient (Wildman–Crippen LogP) is 0.0395. The number of aliphatic hydroxyl groups excluding tert-OH is 1. The summed E-state index contributed by atoms with van der Waals surface area (Å²) in [5, 5.41) is 9.51. The lowest BCUT2D eigenvalue weighted by Gasteiger charge is -2.45. The Hall–Kier alpha value is -0.200. The molecule has 0 aromatic heterocycles. The Bertz CT molecular complexity index is 290. The van der Waals surface area contributed by atoms with Crippen LogP contribution in [0.15, 0.2) is 0 Å². The fraction of sp³-hybridized carbons (Fsp3) is 1.00. The third-order valence-electron chi connectivity index (χ3n) is 5.04. The maximum Gasteiger partial charge on any atom is 0.0594 e. The van der Waals surface area contributed by atoms with E-state index in [0.29, 0.717) is 0 Å². The predicted molar refractivity (Wildman–Crippen MR) is 76.8 cm³/mol. The van der Waals surface area contributed by atoms with Gasteiger partial charge in [0.15, 0.2) is 0 Å². The second-order valence-electron chi connectivity index (χ2n) is 6.78. The first-order valence-corrected chi connectivity index (χ1v) is 8.01. The van der Waals surface area contributed by atoms with E-state index in [1.807, 2.05) is 0 Å². The largest absolute Gasteiger partial charge is 0.396 e. The van der Waals surface area contributed by atoms with Crippen LogP contribution in [0.4, 0.5) is 0 Å². The Morgan fingerprint density at radius 3 is 2.20 bits per heavy atom. The second-order valence-corrected chi connectivity index (χ2v) is 6.78. The lowest BCUT2D eigenvalue weighted by atomic mass is 9.85. The van der Waals surface area contributed by atoms with Gasteiger partial charge in [0.1, 0.15) is 0 Å². The summed E-state index contributed by atoms with van der Waals surface area (Å²) >= 11 is 0. The zero-order chi connectivity index (χ0) is 13.8. The lowest BCUT2D eigenvalue weighted by Crippen LogP contribution is -2.54. The van der Waals surface area contributed by atoms with Crippen LogP contribution in [0.1, 0.15) is 12.8 Å². The van der Waals surface area contributed by atoms with E-state index in [4.69, 9.17) is 9.47 Å². The molecule has 0 aromatic carbocycles. The van der Waals surface area contributed by atoms with Crippen LogP contribution in [0.5, 0.6) is 0 Å². The van der Waals surface area contributed by atoms with Crippen molar-refractivity contribution in [1.29, 1.82) is 0 Å². The minimum Gasteiger partial charge on any atom is -0.396 e. The molecular weight excluding hydrogens is 256 g/mol. The fourth-order valence-electron chi connectivity index (χ4n) is 3.57. The Morgan fingerprint density at radius 1 is 0.950 bits per heavy atom. The highest BCUT2D eigenvalue weighted by Gasteiger charge is 2.40. The number of morpholine rings is 1. The molecule has 1 N–H and O–H groups in total. The molecule has 116 valence electrons. The summed E-state index contributed by atoms with van der Waals surface area (Å²) in [6, 6.07) is 0. The summed E-state index contributed by atoms with van der Waals surface area (Å²) in [6.45, 7) is 10.3. The average molecular weight is 284 g/mol. The summed E-state index contributed by atoms with van der Waals surface area (Å²) in [5.41, 5.74) is 0.0387. The maximum absolute atomic E-state index is 9.51. The van der Waals surface area contributed by atoms with Gasteiger partial charge in [-0.15, -0.1) is 0 Å². The van der Waals surface area contributed by atoms with E-state index < -0.39 is 0 Å². The quantitative estimate of drug-likeness (QED) is 0.772. The number of likely N-dealkylation sites (tertiary alicyclic amines) is 1. The molecular formula is C15H28N2O3. The minimum absolute atomic E-state index is 0.0387. The minimum atomic E-state index is 0.0387. The normalized spacial score (nSPS) is 29.2. The van der Waals surface area contributed by atoms with Gasteiger partial charge < -0.3 is 19.5 Å². The number of hydrogen-bond acceptors (Lipinski definition) is 5. The number of nitrogens with zero attached hydrogens (tertiary/aromatic N) is 2. The van der Waals surface area contributed by atoms with Crippen molar-refractivity contribution in [2.24, 2.45) is 11.3 Å². The molecule has 0 saturated carbocycles. The van der Waals surface area contributed by atoms with Crippen LogP contribution in [-0.2, 0) is 9.47 Å². The topological polar surface area (TPSA) is 45.2 Å². The molecule has 0 atom stereocenters. The zero-order valence-electron chi connectivity index (χ0n) is 12.4. The molecule has 0 amide bonds. The van der Waals surface area contributed by atoms with Crippen molar-refractivity contribution in [2.45, 2.75) is 12.8 Å². The molecule has 0 aromatic rings. The highest BCUT2D eigenvalue weighted by Crippen LogP contribution is 2.30. The third-order valence-corrected chi connectivity index (χ3v) is 5.04. The van der Waals surface area contributed by atoms with Crippen molar-refractivity contribution in [1.82, 2.24) is 9.80 Å². The van der Waals surface area contributed by atoms with Gasteiger partial charge in [0.05, 0.1) is 38.4 Å². The van der Waals surface area contributed by atoms with Crippen LogP contribution >= 0.6 is 0 Å². The van der Waals surface area contributed by atoms with Crippen LogP contribution in [0.25, 0.3) is 0 Å². The first-order chi connectivity index (χ1) is 9.80. The van der Waals surface area contributed by atoms with Crippen molar-refractivity contribution in [2.75, 3.05) is 72.3 Å². The van der Waals surface area contributed by atoms with E-state index >= 15 is 0 Å². The van der Waals surface area contributed by atoms with Gasteiger partial charge in [-0.3, -0.25) is 4.90 Å². The van der Waals surface area contributed by atoms with Gasteiger partial charge in [0, 0.05) is 26.2 Å². The zero-order valence-corrected chi connectivity index (χ0v) is 12.4. The smallest absolute Gasteiger partial charge is 0.0594 e. The molecule has 5 heteroatoms. The summed E-state index contributed by atoms with van der Waals surface area (Å²) in [7, 11) is 0. The molecule has 0 spiro atoms. The van der Waals surface area contributed by atoms with E-state index in [1.165, 1.54) is 32.5 Å². The standard InChI is InChI=1S/C15H28N2O3/c18-11-15(12-20-13-15)10-17-3-1-14(2-4-17)9-16-5-7-19-8-6-16/h14,18H,1-13H2. The van der Waals surface area contributed by atoms with Crippen LogP contribution in [0.2, 0.25) is 0 Å². The summed E-state index contributed by atoms with van der Waals surface area (Å²) in [4.78, 5) is 5.08. The first kappa shape index (κ1) is 14.7. The first-order valence-electron chi connectivity index (χ1n) is 8.01. The highest BCUT2D eigenvalue weighted by atomic mass is 16.5. The Kier molecular flexibility index (Phi) is 4.94. The Morgan fingerprint density at radius 2 is 1.65 bits per heavy atom. The van der Waals surface area contributed by atoms with Crippen molar-refractivity contribution < 1.29 is 14.6 Å². The van der Waals surface area contributed by atoms with Gasteiger partial charge in [0.25, 0.3) is 0 Å². The highest BCUT2D eigenvalue weighted by molar-refractivity contribution is 4.89. The molecule has 3 saturated heterocycles. The molecule has 0 unspecified atom stereocenters. The van der Waals surface area contributed by atoms with E-state index in [2.05, 4.69) is 9.80 Å². The second kappa shape index (κ2) is 6.71.